The van der Waals surface area contributed by atoms with Crippen molar-refractivity contribution in [3.8, 4) is 11.5 Å². The molecule has 1 N–H and O–H groups in total. The van der Waals surface area contributed by atoms with E-state index < -0.39 is 29.1 Å². The number of esters is 1. The molecule has 0 radical (unpaired) electrons. The van der Waals surface area contributed by atoms with Gasteiger partial charge in [0.25, 0.3) is 0 Å². The molecule has 2 rings (SSSR count). The average molecular weight is 426 g/mol. The highest BCUT2D eigenvalue weighted by atomic mass is 35.5. The molecular weight excluding hydrogens is 408 g/mol. The molecule has 0 aliphatic heterocycles. The zero-order chi connectivity index (χ0) is 21.6. The highest BCUT2D eigenvalue weighted by Crippen LogP contribution is 2.36. The fourth-order valence-corrected chi connectivity index (χ4v) is 2.70. The van der Waals surface area contributed by atoms with E-state index in [0.29, 0.717) is 29.7 Å². The summed E-state index contributed by atoms with van der Waals surface area (Å²) in [5, 5.41) is 2.52. The fourth-order valence-electron chi connectivity index (χ4n) is 2.40. The molecule has 0 fully saturated rings. The van der Waals surface area contributed by atoms with Crippen LogP contribution in [0.25, 0.3) is 6.08 Å². The van der Waals surface area contributed by atoms with Gasteiger partial charge in [-0.3, -0.25) is 4.79 Å². The SMILES string of the molecule is CCOc1cc(/C=C/C(=O)Nc2cc(C(=O)OC)c(F)cc2F)cc(Cl)c1OC. The number of halogens is 3. The van der Waals surface area contributed by atoms with Gasteiger partial charge in [-0.1, -0.05) is 11.6 Å². The minimum atomic E-state index is -1.10. The quantitative estimate of drug-likeness (QED) is 0.523. The number of anilines is 1. The number of amides is 1. The van der Waals surface area contributed by atoms with Crippen molar-refractivity contribution in [1.29, 1.82) is 0 Å². The molecule has 0 bridgehead atoms. The number of carbonyl (C=O) groups is 2. The summed E-state index contributed by atoms with van der Waals surface area (Å²) in [7, 11) is 2.51. The topological polar surface area (TPSA) is 73.9 Å². The Labute approximate surface area is 171 Å². The van der Waals surface area contributed by atoms with Crippen LogP contribution in [-0.2, 0) is 9.53 Å². The van der Waals surface area contributed by atoms with Crippen molar-refractivity contribution in [3.05, 3.63) is 58.1 Å². The zero-order valence-electron chi connectivity index (χ0n) is 15.8. The molecule has 2 aromatic carbocycles. The molecule has 1 amide bonds. The molecule has 154 valence electrons. The van der Waals surface area contributed by atoms with Gasteiger partial charge in [0.15, 0.2) is 11.5 Å². The Hall–Kier alpha value is -3.13. The van der Waals surface area contributed by atoms with Gasteiger partial charge in [-0.15, -0.1) is 0 Å². The monoisotopic (exact) mass is 425 g/mol. The number of rotatable bonds is 7. The first kappa shape index (κ1) is 22.2. The number of hydrogen-bond donors (Lipinski definition) is 1. The van der Waals surface area contributed by atoms with E-state index >= 15 is 0 Å². The molecule has 9 heteroatoms. The second-order valence-electron chi connectivity index (χ2n) is 5.59. The molecule has 0 aliphatic carbocycles. The van der Waals surface area contributed by atoms with Crippen molar-refractivity contribution in [2.75, 3.05) is 26.1 Å². The van der Waals surface area contributed by atoms with E-state index in [2.05, 4.69) is 10.1 Å². The van der Waals surface area contributed by atoms with Gasteiger partial charge in [0, 0.05) is 12.1 Å². The summed E-state index contributed by atoms with van der Waals surface area (Å²) in [6.07, 6.45) is 2.54. The summed E-state index contributed by atoms with van der Waals surface area (Å²) in [5.74, 6) is -3.09. The van der Waals surface area contributed by atoms with Crippen molar-refractivity contribution in [1.82, 2.24) is 0 Å². The molecule has 0 aromatic heterocycles. The molecule has 0 spiro atoms. The minimum Gasteiger partial charge on any atom is -0.491 e. The fraction of sp³-hybridized carbons (Fsp3) is 0.200. The van der Waals surface area contributed by atoms with Crippen LogP contribution >= 0.6 is 11.6 Å². The van der Waals surface area contributed by atoms with Gasteiger partial charge in [-0.2, -0.15) is 0 Å². The second-order valence-corrected chi connectivity index (χ2v) is 6.00. The maximum Gasteiger partial charge on any atom is 0.340 e. The van der Waals surface area contributed by atoms with Crippen LogP contribution in [0.2, 0.25) is 5.02 Å². The Bertz CT molecular complexity index is 962. The molecule has 0 saturated carbocycles. The van der Waals surface area contributed by atoms with Gasteiger partial charge in [0.05, 0.1) is 37.1 Å². The van der Waals surface area contributed by atoms with Crippen LogP contribution in [-0.4, -0.2) is 32.7 Å². The Morgan fingerprint density at radius 2 is 1.86 bits per heavy atom. The zero-order valence-corrected chi connectivity index (χ0v) is 16.6. The number of benzene rings is 2. The Morgan fingerprint density at radius 1 is 1.14 bits per heavy atom. The lowest BCUT2D eigenvalue weighted by Crippen LogP contribution is -2.12. The number of carbonyl (C=O) groups excluding carboxylic acids is 2. The van der Waals surface area contributed by atoms with Gasteiger partial charge in [0.2, 0.25) is 5.91 Å². The first-order valence-electron chi connectivity index (χ1n) is 8.37. The van der Waals surface area contributed by atoms with Gasteiger partial charge in [-0.05, 0) is 36.8 Å². The number of ether oxygens (including phenoxy) is 3. The molecule has 29 heavy (non-hydrogen) atoms. The largest absolute Gasteiger partial charge is 0.491 e. The predicted octanol–water partition coefficient (Wildman–Crippen LogP) is 4.46. The van der Waals surface area contributed by atoms with Crippen molar-refractivity contribution in [2.24, 2.45) is 0 Å². The van der Waals surface area contributed by atoms with Gasteiger partial charge < -0.3 is 19.5 Å². The van der Waals surface area contributed by atoms with Crippen LogP contribution in [0.5, 0.6) is 11.5 Å². The third-order valence-corrected chi connectivity index (χ3v) is 3.96. The van der Waals surface area contributed by atoms with Gasteiger partial charge in [-0.25, -0.2) is 13.6 Å². The smallest absolute Gasteiger partial charge is 0.340 e. The maximum atomic E-state index is 13.9. The summed E-state index contributed by atoms with van der Waals surface area (Å²) in [4.78, 5) is 23.6. The van der Waals surface area contributed by atoms with Crippen molar-refractivity contribution < 1.29 is 32.6 Å². The van der Waals surface area contributed by atoms with Gasteiger partial charge >= 0.3 is 5.97 Å². The first-order chi connectivity index (χ1) is 13.8. The molecule has 6 nitrogen and oxygen atoms in total. The minimum absolute atomic E-state index is 0.283. The summed E-state index contributed by atoms with van der Waals surface area (Å²) in [6.45, 7) is 2.18. The third kappa shape index (κ3) is 5.45. The summed E-state index contributed by atoms with van der Waals surface area (Å²) < 4.78 is 42.6. The number of nitrogens with one attached hydrogen (secondary N) is 1. The van der Waals surface area contributed by atoms with E-state index in [-0.39, 0.29) is 10.7 Å². The van der Waals surface area contributed by atoms with Crippen LogP contribution in [0.4, 0.5) is 14.5 Å². The lowest BCUT2D eigenvalue weighted by Gasteiger charge is -2.11. The van der Waals surface area contributed by atoms with Crippen LogP contribution in [0.15, 0.2) is 30.3 Å². The van der Waals surface area contributed by atoms with E-state index in [0.717, 1.165) is 19.3 Å². The Morgan fingerprint density at radius 3 is 2.48 bits per heavy atom. The molecular formula is C20H18ClF2NO5. The standard InChI is InChI=1S/C20H18ClF2NO5/c1-4-29-17-8-11(7-13(21)19(17)27-2)5-6-18(25)24-16-9-12(20(26)28-3)14(22)10-15(16)23/h5-10H,4H2,1-3H3,(H,24,25)/b6-5+. The van der Waals surface area contributed by atoms with Crippen molar-refractivity contribution in [3.63, 3.8) is 0 Å². The lowest BCUT2D eigenvalue weighted by atomic mass is 10.1. The Kier molecular flexibility index (Phi) is 7.55. The van der Waals surface area contributed by atoms with E-state index in [9.17, 15) is 18.4 Å². The summed E-state index contributed by atoms with van der Waals surface area (Å²) in [6, 6.07) is 4.52. The van der Waals surface area contributed by atoms with Gasteiger partial charge in [0.1, 0.15) is 11.6 Å². The normalized spacial score (nSPS) is 10.7. The highest BCUT2D eigenvalue weighted by molar-refractivity contribution is 6.32. The van der Waals surface area contributed by atoms with E-state index in [4.69, 9.17) is 21.1 Å². The Balaban J connectivity index is 2.23. The summed E-state index contributed by atoms with van der Waals surface area (Å²) >= 11 is 6.14. The molecule has 0 heterocycles. The lowest BCUT2D eigenvalue weighted by molar-refractivity contribution is -0.111. The molecule has 0 aliphatic rings. The van der Waals surface area contributed by atoms with Crippen LogP contribution in [0.1, 0.15) is 22.8 Å². The second kappa shape index (κ2) is 9.88. The van der Waals surface area contributed by atoms with Crippen LogP contribution in [0.3, 0.4) is 0 Å². The first-order valence-corrected chi connectivity index (χ1v) is 8.75. The van der Waals surface area contributed by atoms with Crippen LogP contribution in [0, 0.1) is 11.6 Å². The van der Waals surface area contributed by atoms with Crippen LogP contribution < -0.4 is 14.8 Å². The van der Waals surface area contributed by atoms with E-state index in [1.807, 2.05) is 0 Å². The van der Waals surface area contributed by atoms with E-state index in [1.54, 1.807) is 19.1 Å². The van der Waals surface area contributed by atoms with Crippen molar-refractivity contribution >= 4 is 35.2 Å². The maximum absolute atomic E-state index is 13.9. The number of methoxy groups -OCH3 is 2. The molecule has 0 saturated heterocycles. The molecule has 0 unspecified atom stereocenters. The van der Waals surface area contributed by atoms with E-state index in [1.165, 1.54) is 13.2 Å². The molecule has 0 atom stereocenters. The average Bonchev–Trinajstić information content (AvgIpc) is 2.68. The molecule has 2 aromatic rings. The number of hydrogen-bond acceptors (Lipinski definition) is 5. The van der Waals surface area contributed by atoms with Crippen molar-refractivity contribution in [2.45, 2.75) is 6.92 Å². The summed E-state index contributed by atoms with van der Waals surface area (Å²) in [5.41, 5.74) is -0.343. The predicted molar refractivity (Wildman–Crippen MR) is 105 cm³/mol. The third-order valence-electron chi connectivity index (χ3n) is 3.68. The highest BCUT2D eigenvalue weighted by Gasteiger charge is 2.17.